The molecule has 0 saturated carbocycles. The summed E-state index contributed by atoms with van der Waals surface area (Å²) >= 11 is 0. The summed E-state index contributed by atoms with van der Waals surface area (Å²) in [5.74, 6) is -0.0435. The molecule has 0 fully saturated rings. The lowest BCUT2D eigenvalue weighted by molar-refractivity contribution is -0.119. The fraction of sp³-hybridized carbons (Fsp3) is 0.364. The quantitative estimate of drug-likeness (QED) is 0.762. The number of nitrogens with two attached hydrogens (primary N) is 1. The zero-order chi connectivity index (χ0) is 10.4. The summed E-state index contributed by atoms with van der Waals surface area (Å²) in [6.07, 6.45) is 0. The molecule has 1 rings (SSSR count). The Kier molecular flexibility index (Phi) is 4.29. The maximum Gasteiger partial charge on any atom is 0.148 e. The molecule has 0 saturated heterocycles. The molecule has 0 bridgehead atoms. The summed E-state index contributed by atoms with van der Waals surface area (Å²) in [5.41, 5.74) is 6.59. The van der Waals surface area contributed by atoms with Crippen LogP contribution in [-0.2, 0) is 16.1 Å². The topological polar surface area (TPSA) is 52.3 Å². The largest absolute Gasteiger partial charge is 0.375 e. The first-order chi connectivity index (χ1) is 6.70. The molecule has 76 valence electrons. The standard InChI is InChI=1S/C11H15NO2/c1-9(13)11(12)8-14-7-10-5-3-2-4-6-10/h2-6,11H,7-8,12H2,1H3/t11-/m0/s1. The predicted molar refractivity (Wildman–Crippen MR) is 54.8 cm³/mol. The highest BCUT2D eigenvalue weighted by Gasteiger charge is 2.07. The highest BCUT2D eigenvalue weighted by atomic mass is 16.5. The summed E-state index contributed by atoms with van der Waals surface area (Å²) in [4.78, 5) is 10.8. The lowest BCUT2D eigenvalue weighted by Crippen LogP contribution is -2.33. The van der Waals surface area contributed by atoms with Crippen molar-refractivity contribution in [2.24, 2.45) is 5.73 Å². The highest BCUT2D eigenvalue weighted by molar-refractivity contribution is 5.81. The van der Waals surface area contributed by atoms with E-state index in [9.17, 15) is 4.79 Å². The van der Waals surface area contributed by atoms with E-state index in [-0.39, 0.29) is 12.4 Å². The second-order valence-electron chi connectivity index (χ2n) is 3.22. The van der Waals surface area contributed by atoms with Gasteiger partial charge in [0.05, 0.1) is 19.3 Å². The Balaban J connectivity index is 2.26. The number of ketones is 1. The molecule has 0 unspecified atom stereocenters. The van der Waals surface area contributed by atoms with Gasteiger partial charge in [0.2, 0.25) is 0 Å². The molecule has 1 atom stereocenters. The molecule has 3 nitrogen and oxygen atoms in total. The third kappa shape index (κ3) is 3.68. The molecule has 14 heavy (non-hydrogen) atoms. The summed E-state index contributed by atoms with van der Waals surface area (Å²) in [7, 11) is 0. The van der Waals surface area contributed by atoms with Crippen molar-refractivity contribution in [1.82, 2.24) is 0 Å². The van der Waals surface area contributed by atoms with Crippen molar-refractivity contribution < 1.29 is 9.53 Å². The van der Waals surface area contributed by atoms with Gasteiger partial charge in [0, 0.05) is 0 Å². The van der Waals surface area contributed by atoms with Gasteiger partial charge < -0.3 is 10.5 Å². The Morgan fingerprint density at radius 2 is 2.07 bits per heavy atom. The van der Waals surface area contributed by atoms with E-state index < -0.39 is 6.04 Å². The van der Waals surface area contributed by atoms with Crippen LogP contribution in [0.2, 0.25) is 0 Å². The molecule has 3 heteroatoms. The minimum atomic E-state index is -0.501. The first kappa shape index (κ1) is 10.9. The van der Waals surface area contributed by atoms with Gasteiger partial charge in [-0.25, -0.2) is 0 Å². The number of benzene rings is 1. The van der Waals surface area contributed by atoms with Crippen molar-refractivity contribution in [3.63, 3.8) is 0 Å². The lowest BCUT2D eigenvalue weighted by Gasteiger charge is -2.08. The number of ether oxygens (including phenoxy) is 1. The van der Waals surface area contributed by atoms with Crippen molar-refractivity contribution in [3.05, 3.63) is 35.9 Å². The van der Waals surface area contributed by atoms with E-state index in [4.69, 9.17) is 10.5 Å². The van der Waals surface area contributed by atoms with Gasteiger partial charge in [-0.05, 0) is 12.5 Å². The van der Waals surface area contributed by atoms with Crippen LogP contribution < -0.4 is 5.73 Å². The summed E-state index contributed by atoms with van der Waals surface area (Å²) in [6, 6.07) is 9.29. The molecule has 0 aromatic heterocycles. The number of hydrogen-bond acceptors (Lipinski definition) is 3. The van der Waals surface area contributed by atoms with Crippen LogP contribution in [0.25, 0.3) is 0 Å². The maximum absolute atomic E-state index is 10.8. The van der Waals surface area contributed by atoms with Gasteiger partial charge in [0.1, 0.15) is 5.78 Å². The number of carbonyl (C=O) groups is 1. The first-order valence-electron chi connectivity index (χ1n) is 4.58. The summed E-state index contributed by atoms with van der Waals surface area (Å²) in [5, 5.41) is 0. The van der Waals surface area contributed by atoms with Crippen molar-refractivity contribution in [3.8, 4) is 0 Å². The fourth-order valence-electron chi connectivity index (χ4n) is 0.995. The van der Waals surface area contributed by atoms with Crippen LogP contribution >= 0.6 is 0 Å². The molecule has 0 aliphatic heterocycles. The van der Waals surface area contributed by atoms with Crippen molar-refractivity contribution in [1.29, 1.82) is 0 Å². The van der Waals surface area contributed by atoms with Gasteiger partial charge in [-0.2, -0.15) is 0 Å². The average Bonchev–Trinajstić information content (AvgIpc) is 2.19. The van der Waals surface area contributed by atoms with Gasteiger partial charge in [0.15, 0.2) is 0 Å². The second kappa shape index (κ2) is 5.52. The molecular formula is C11H15NO2. The van der Waals surface area contributed by atoms with Crippen LogP contribution in [0.5, 0.6) is 0 Å². The molecule has 0 amide bonds. The van der Waals surface area contributed by atoms with E-state index in [1.807, 2.05) is 30.3 Å². The zero-order valence-electron chi connectivity index (χ0n) is 8.27. The number of rotatable bonds is 5. The molecule has 2 N–H and O–H groups in total. The van der Waals surface area contributed by atoms with E-state index in [1.54, 1.807) is 0 Å². The van der Waals surface area contributed by atoms with Crippen LogP contribution in [-0.4, -0.2) is 18.4 Å². The van der Waals surface area contributed by atoms with Crippen molar-refractivity contribution in [2.45, 2.75) is 19.6 Å². The summed E-state index contributed by atoms with van der Waals surface area (Å²) < 4.78 is 5.30. The smallest absolute Gasteiger partial charge is 0.148 e. The normalized spacial score (nSPS) is 12.4. The Labute approximate surface area is 83.9 Å². The molecule has 1 aromatic carbocycles. The molecule has 0 spiro atoms. The summed E-state index contributed by atoms with van der Waals surface area (Å²) in [6.45, 7) is 2.25. The van der Waals surface area contributed by atoms with E-state index in [1.165, 1.54) is 6.92 Å². The maximum atomic E-state index is 10.8. The van der Waals surface area contributed by atoms with Crippen molar-refractivity contribution >= 4 is 5.78 Å². The predicted octanol–water partition coefficient (Wildman–Crippen LogP) is 1.12. The van der Waals surface area contributed by atoms with Gasteiger partial charge in [0.25, 0.3) is 0 Å². The SMILES string of the molecule is CC(=O)[C@@H](N)COCc1ccccc1. The Morgan fingerprint density at radius 3 is 2.64 bits per heavy atom. The third-order valence-electron chi connectivity index (χ3n) is 1.93. The van der Waals surface area contributed by atoms with Crippen LogP contribution in [0.1, 0.15) is 12.5 Å². The zero-order valence-corrected chi connectivity index (χ0v) is 8.27. The Morgan fingerprint density at radius 1 is 1.43 bits per heavy atom. The van der Waals surface area contributed by atoms with Crippen LogP contribution in [0.15, 0.2) is 30.3 Å². The molecular weight excluding hydrogens is 178 g/mol. The Bertz CT molecular complexity index is 285. The van der Waals surface area contributed by atoms with Crippen molar-refractivity contribution in [2.75, 3.05) is 6.61 Å². The van der Waals surface area contributed by atoms with Gasteiger partial charge in [-0.15, -0.1) is 0 Å². The molecule has 0 aliphatic rings. The van der Waals surface area contributed by atoms with E-state index >= 15 is 0 Å². The molecule has 0 radical (unpaired) electrons. The van der Waals surface area contributed by atoms with Gasteiger partial charge in [-0.1, -0.05) is 30.3 Å². The highest BCUT2D eigenvalue weighted by Crippen LogP contribution is 2.00. The molecule has 1 aromatic rings. The third-order valence-corrected chi connectivity index (χ3v) is 1.93. The molecule has 0 aliphatic carbocycles. The lowest BCUT2D eigenvalue weighted by atomic mass is 10.2. The number of carbonyl (C=O) groups excluding carboxylic acids is 1. The van der Waals surface area contributed by atoms with E-state index in [0.29, 0.717) is 6.61 Å². The number of hydrogen-bond donors (Lipinski definition) is 1. The van der Waals surface area contributed by atoms with E-state index in [2.05, 4.69) is 0 Å². The Hall–Kier alpha value is -1.19. The van der Waals surface area contributed by atoms with E-state index in [0.717, 1.165) is 5.56 Å². The van der Waals surface area contributed by atoms with Gasteiger partial charge >= 0.3 is 0 Å². The average molecular weight is 193 g/mol. The first-order valence-corrected chi connectivity index (χ1v) is 4.58. The second-order valence-corrected chi connectivity index (χ2v) is 3.22. The van der Waals surface area contributed by atoms with Crippen LogP contribution in [0, 0.1) is 0 Å². The van der Waals surface area contributed by atoms with Gasteiger partial charge in [-0.3, -0.25) is 4.79 Å². The minimum Gasteiger partial charge on any atom is -0.375 e. The number of Topliss-reactive ketones (excluding diaryl/α,β-unsaturated/α-hetero) is 1. The minimum absolute atomic E-state index is 0.0435. The monoisotopic (exact) mass is 193 g/mol. The van der Waals surface area contributed by atoms with Crippen LogP contribution in [0.3, 0.4) is 0 Å². The molecule has 0 heterocycles. The fourth-order valence-corrected chi connectivity index (χ4v) is 0.995. The van der Waals surface area contributed by atoms with Crippen LogP contribution in [0.4, 0.5) is 0 Å².